The van der Waals surface area contributed by atoms with E-state index >= 15 is 0 Å². The van der Waals surface area contributed by atoms with Crippen molar-refractivity contribution in [3.63, 3.8) is 0 Å². The van der Waals surface area contributed by atoms with Crippen molar-refractivity contribution in [3.05, 3.63) is 75.9 Å². The molecule has 0 saturated carbocycles. The molecule has 1 aromatic heterocycles. The molecular weight excluding hydrogens is 445 g/mol. The van der Waals surface area contributed by atoms with Gasteiger partial charge >= 0.3 is 0 Å². The summed E-state index contributed by atoms with van der Waals surface area (Å²) in [5.41, 5.74) is 2.84. The summed E-state index contributed by atoms with van der Waals surface area (Å²) >= 11 is 0. The maximum atomic E-state index is 14.2. The molecule has 0 bridgehead atoms. The van der Waals surface area contributed by atoms with Crippen LogP contribution in [0.1, 0.15) is 16.7 Å². The first kappa shape index (κ1) is 21.5. The van der Waals surface area contributed by atoms with Crippen LogP contribution in [0.5, 0.6) is 23.1 Å². The van der Waals surface area contributed by atoms with E-state index in [2.05, 4.69) is 10.5 Å². The highest BCUT2D eigenvalue weighted by molar-refractivity contribution is 5.97. The topological polar surface area (TPSA) is 126 Å². The standard InChI is InChI=1S/C24H20FN3O6/c25-16-6-14(23-15(7-16)11-33-12-34-23)10-28-19-3-2-17(8-18(19)22(27-32)24(28)31)26-9-13-1-4-20(29)21(30)5-13/h1-8,26,29-31H,9-12H2. The number of aromatic hydroxyl groups is 3. The number of hydrogen-bond acceptors (Lipinski definition) is 8. The fraction of sp³-hybridized carbons (Fsp3) is 0.167. The number of nitrogens with zero attached hydrogens (tertiary/aromatic N) is 2. The fourth-order valence-electron chi connectivity index (χ4n) is 4.11. The van der Waals surface area contributed by atoms with E-state index in [0.717, 1.165) is 5.56 Å². The molecule has 34 heavy (non-hydrogen) atoms. The third kappa shape index (κ3) is 3.84. The highest BCUT2D eigenvalue weighted by atomic mass is 19.1. The molecule has 3 aromatic carbocycles. The molecule has 1 aliphatic rings. The van der Waals surface area contributed by atoms with Crippen molar-refractivity contribution in [1.29, 1.82) is 0 Å². The number of fused-ring (bicyclic) bond motifs is 2. The average Bonchev–Trinajstić information content (AvgIpc) is 3.09. The molecule has 4 N–H and O–H groups in total. The quantitative estimate of drug-likeness (QED) is 0.238. The van der Waals surface area contributed by atoms with E-state index in [1.165, 1.54) is 28.8 Å². The molecule has 0 aliphatic carbocycles. The number of benzene rings is 3. The van der Waals surface area contributed by atoms with Crippen LogP contribution >= 0.6 is 0 Å². The van der Waals surface area contributed by atoms with Crippen LogP contribution in [0, 0.1) is 10.7 Å². The van der Waals surface area contributed by atoms with Crippen molar-refractivity contribution >= 4 is 22.3 Å². The van der Waals surface area contributed by atoms with Crippen LogP contribution in [0.4, 0.5) is 15.8 Å². The van der Waals surface area contributed by atoms with Crippen LogP contribution in [-0.2, 0) is 24.4 Å². The molecule has 2 heterocycles. The molecule has 174 valence electrons. The number of hydrogen-bond donors (Lipinski definition) is 4. The Bertz CT molecular complexity index is 1420. The highest BCUT2D eigenvalue weighted by Crippen LogP contribution is 2.41. The highest BCUT2D eigenvalue weighted by Gasteiger charge is 2.22. The van der Waals surface area contributed by atoms with E-state index in [4.69, 9.17) is 9.47 Å². The number of phenolic OH excluding ortho intramolecular Hbond substituents is 2. The molecule has 5 rings (SSSR count). The largest absolute Gasteiger partial charge is 0.504 e. The Morgan fingerprint density at radius 3 is 2.71 bits per heavy atom. The number of halogens is 1. The molecule has 0 amide bonds. The number of aromatic nitrogens is 1. The second-order valence-corrected chi connectivity index (χ2v) is 7.92. The van der Waals surface area contributed by atoms with Crippen LogP contribution in [-0.4, -0.2) is 26.7 Å². The second-order valence-electron chi connectivity index (χ2n) is 7.92. The summed E-state index contributed by atoms with van der Waals surface area (Å²) in [4.78, 5) is 11.6. The van der Waals surface area contributed by atoms with Crippen LogP contribution in [0.25, 0.3) is 10.9 Å². The van der Waals surface area contributed by atoms with Crippen LogP contribution in [0.3, 0.4) is 0 Å². The van der Waals surface area contributed by atoms with E-state index in [1.807, 2.05) is 0 Å². The lowest BCUT2D eigenvalue weighted by molar-refractivity contribution is -0.0173. The summed E-state index contributed by atoms with van der Waals surface area (Å²) in [5, 5.41) is 36.4. The lowest BCUT2D eigenvalue weighted by atomic mass is 10.1. The van der Waals surface area contributed by atoms with E-state index < -0.39 is 5.82 Å². The predicted molar refractivity (Wildman–Crippen MR) is 122 cm³/mol. The SMILES string of the molecule is O=Nc1c(O)n(Cc2cc(F)cc3c2OCOC3)c2ccc(NCc3ccc(O)c(O)c3)cc12. The monoisotopic (exact) mass is 465 g/mol. The fourth-order valence-corrected chi connectivity index (χ4v) is 4.11. The maximum Gasteiger partial charge on any atom is 0.222 e. The van der Waals surface area contributed by atoms with Gasteiger partial charge in [0.05, 0.1) is 18.7 Å². The first-order valence-electron chi connectivity index (χ1n) is 10.4. The van der Waals surface area contributed by atoms with Crippen molar-refractivity contribution in [2.24, 2.45) is 5.18 Å². The summed E-state index contributed by atoms with van der Waals surface area (Å²) in [6, 6.07) is 12.3. The van der Waals surface area contributed by atoms with Gasteiger partial charge in [-0.2, -0.15) is 0 Å². The Morgan fingerprint density at radius 2 is 1.91 bits per heavy atom. The molecule has 0 unspecified atom stereocenters. The van der Waals surface area contributed by atoms with Crippen molar-refractivity contribution < 1.29 is 29.2 Å². The minimum Gasteiger partial charge on any atom is -0.504 e. The number of nitroso groups, excluding NO2 is 1. The van der Waals surface area contributed by atoms with Gasteiger partial charge in [0.2, 0.25) is 5.88 Å². The molecule has 0 spiro atoms. The van der Waals surface area contributed by atoms with E-state index in [-0.39, 0.29) is 43.0 Å². The van der Waals surface area contributed by atoms with Gasteiger partial charge in [0, 0.05) is 28.7 Å². The molecular formula is C24H20FN3O6. The Hall–Kier alpha value is -4.31. The van der Waals surface area contributed by atoms with Crippen molar-refractivity contribution in [3.8, 4) is 23.1 Å². The second kappa shape index (κ2) is 8.56. The molecule has 1 aliphatic heterocycles. The molecule has 0 fully saturated rings. The number of phenols is 2. The number of anilines is 1. The Balaban J connectivity index is 1.48. The van der Waals surface area contributed by atoms with E-state index in [9.17, 15) is 24.6 Å². The first-order chi connectivity index (χ1) is 16.4. The number of rotatable bonds is 6. The average molecular weight is 465 g/mol. The van der Waals surface area contributed by atoms with Crippen LogP contribution in [0.15, 0.2) is 53.7 Å². The minimum absolute atomic E-state index is 0.0407. The lowest BCUT2D eigenvalue weighted by Crippen LogP contribution is -2.14. The lowest BCUT2D eigenvalue weighted by Gasteiger charge is -2.21. The minimum atomic E-state index is -0.459. The van der Waals surface area contributed by atoms with Crippen LogP contribution in [0.2, 0.25) is 0 Å². The third-order valence-electron chi connectivity index (χ3n) is 5.72. The van der Waals surface area contributed by atoms with Gasteiger partial charge in [-0.3, -0.25) is 0 Å². The smallest absolute Gasteiger partial charge is 0.222 e. The van der Waals surface area contributed by atoms with Gasteiger partial charge < -0.3 is 34.7 Å². The third-order valence-corrected chi connectivity index (χ3v) is 5.72. The molecule has 0 saturated heterocycles. The summed E-state index contributed by atoms with van der Waals surface area (Å²) < 4.78 is 26.4. The summed E-state index contributed by atoms with van der Waals surface area (Å²) in [7, 11) is 0. The van der Waals surface area contributed by atoms with Gasteiger partial charge in [-0.25, -0.2) is 4.39 Å². The normalized spacial score (nSPS) is 12.9. The van der Waals surface area contributed by atoms with Gasteiger partial charge in [-0.1, -0.05) is 6.07 Å². The first-order valence-corrected chi connectivity index (χ1v) is 10.4. The number of nitrogens with one attached hydrogen (secondary N) is 1. The zero-order valence-corrected chi connectivity index (χ0v) is 17.8. The van der Waals surface area contributed by atoms with E-state index in [1.54, 1.807) is 24.3 Å². The van der Waals surface area contributed by atoms with Gasteiger partial charge in [-0.05, 0) is 53.2 Å². The summed E-state index contributed by atoms with van der Waals surface area (Å²) in [5.74, 6) is -0.736. The van der Waals surface area contributed by atoms with Crippen molar-refractivity contribution in [2.75, 3.05) is 12.1 Å². The Morgan fingerprint density at radius 1 is 1.06 bits per heavy atom. The van der Waals surface area contributed by atoms with E-state index in [0.29, 0.717) is 40.0 Å². The van der Waals surface area contributed by atoms with Crippen molar-refractivity contribution in [2.45, 2.75) is 19.7 Å². The molecule has 4 aromatic rings. The van der Waals surface area contributed by atoms with Crippen LogP contribution < -0.4 is 10.1 Å². The Kier molecular flexibility index (Phi) is 5.42. The Labute approximate surface area is 192 Å². The van der Waals surface area contributed by atoms with Gasteiger partial charge in [0.1, 0.15) is 11.6 Å². The van der Waals surface area contributed by atoms with Gasteiger partial charge in [0.15, 0.2) is 24.0 Å². The van der Waals surface area contributed by atoms with Crippen molar-refractivity contribution in [1.82, 2.24) is 4.57 Å². The predicted octanol–water partition coefficient (Wildman–Crippen LogP) is 4.82. The van der Waals surface area contributed by atoms with Gasteiger partial charge in [-0.15, -0.1) is 4.91 Å². The zero-order valence-electron chi connectivity index (χ0n) is 17.8. The molecule has 0 radical (unpaired) electrons. The summed E-state index contributed by atoms with van der Waals surface area (Å²) in [6.07, 6.45) is 0. The molecule has 9 nitrogen and oxygen atoms in total. The zero-order chi connectivity index (χ0) is 23.8. The molecule has 10 heteroatoms. The molecule has 0 atom stereocenters. The number of ether oxygens (including phenoxy) is 2. The van der Waals surface area contributed by atoms with Gasteiger partial charge in [0.25, 0.3) is 0 Å². The maximum absolute atomic E-state index is 14.2. The summed E-state index contributed by atoms with van der Waals surface area (Å²) in [6.45, 7) is 0.648.